The average Bonchev–Trinajstić information content (AvgIpc) is 3.91. The van der Waals surface area contributed by atoms with Crippen molar-refractivity contribution in [2.45, 2.75) is 33.1 Å². The quantitative estimate of drug-likeness (QED) is 0.183. The first-order valence-electron chi connectivity index (χ1n) is 19.1. The van der Waals surface area contributed by atoms with Gasteiger partial charge in [-0.05, 0) is 131 Å². The molecule has 2 heterocycles. The monoisotopic (exact) mass is 706 g/mol. The number of hydrogen-bond acceptors (Lipinski definition) is 2. The van der Waals surface area contributed by atoms with Crippen molar-refractivity contribution in [3.05, 3.63) is 203 Å². The van der Waals surface area contributed by atoms with Gasteiger partial charge in [-0.3, -0.25) is 0 Å². The second-order valence-electron chi connectivity index (χ2n) is 15.1. The average molecular weight is 707 g/mol. The van der Waals surface area contributed by atoms with Gasteiger partial charge in [0.15, 0.2) is 0 Å². The molecule has 0 N–H and O–H groups in total. The fraction of sp³-hybridized carbons (Fsp3) is 0.0980. The lowest BCUT2D eigenvalue weighted by atomic mass is 9.69. The fourth-order valence-electron chi connectivity index (χ4n) is 10.1. The van der Waals surface area contributed by atoms with Gasteiger partial charge in [-0.25, -0.2) is 9.36 Å². The summed E-state index contributed by atoms with van der Waals surface area (Å²) in [4.78, 5) is 0. The Kier molecular flexibility index (Phi) is 6.69. The number of aromatic nitrogens is 4. The molecular formula is C51H38N4. The van der Waals surface area contributed by atoms with Crippen LogP contribution in [0.3, 0.4) is 0 Å². The van der Waals surface area contributed by atoms with Gasteiger partial charge in [-0.15, -0.1) is 0 Å². The normalized spacial score (nSPS) is 13.2. The minimum absolute atomic E-state index is 0.527. The van der Waals surface area contributed by atoms with Gasteiger partial charge in [-0.1, -0.05) is 121 Å². The van der Waals surface area contributed by atoms with E-state index in [-0.39, 0.29) is 0 Å². The number of benzene rings is 7. The molecule has 4 nitrogen and oxygen atoms in total. The van der Waals surface area contributed by atoms with Gasteiger partial charge in [-0.2, -0.15) is 10.2 Å². The van der Waals surface area contributed by atoms with Crippen molar-refractivity contribution in [1.82, 2.24) is 19.6 Å². The maximum atomic E-state index is 5.15. The van der Waals surface area contributed by atoms with Crippen LogP contribution in [-0.2, 0) is 5.41 Å². The summed E-state index contributed by atoms with van der Waals surface area (Å²) in [6.45, 7) is 8.70. The highest BCUT2D eigenvalue weighted by atomic mass is 15.3. The highest BCUT2D eigenvalue weighted by Gasteiger charge is 2.52. The lowest BCUT2D eigenvalue weighted by Gasteiger charge is -2.31. The minimum Gasteiger partial charge on any atom is -0.237 e. The lowest BCUT2D eigenvalue weighted by molar-refractivity contribution is 0.795. The van der Waals surface area contributed by atoms with Crippen molar-refractivity contribution in [3.63, 3.8) is 0 Å². The molecule has 0 unspecified atom stereocenters. The van der Waals surface area contributed by atoms with Gasteiger partial charge in [0.25, 0.3) is 0 Å². The summed E-state index contributed by atoms with van der Waals surface area (Å²) >= 11 is 0. The Morgan fingerprint density at radius 3 is 1.51 bits per heavy atom. The van der Waals surface area contributed by atoms with Gasteiger partial charge in [0.1, 0.15) is 0 Å². The van der Waals surface area contributed by atoms with Gasteiger partial charge in [0.2, 0.25) is 0 Å². The predicted octanol–water partition coefficient (Wildman–Crippen LogP) is 12.1. The van der Waals surface area contributed by atoms with Crippen molar-refractivity contribution in [1.29, 1.82) is 0 Å². The second-order valence-corrected chi connectivity index (χ2v) is 15.1. The molecule has 0 aliphatic heterocycles. The number of hydrogen-bond donors (Lipinski definition) is 0. The SMILES string of the molecule is Cc1nn(-c2ccccc2)c(C)c1-c1ccc2c(c1)C1(c3ccccc3-c3ccccc31)c1cc(-c3c(C)nn(-c4ccccc4)c3C)c3ccccc3c1-2. The van der Waals surface area contributed by atoms with Crippen LogP contribution in [0.2, 0.25) is 0 Å². The smallest absolute Gasteiger partial charge is 0.0726 e. The maximum Gasteiger partial charge on any atom is 0.0726 e. The molecule has 9 aromatic rings. The van der Waals surface area contributed by atoms with Crippen LogP contribution in [0.15, 0.2) is 158 Å². The summed E-state index contributed by atoms with van der Waals surface area (Å²) in [5.41, 5.74) is 21.2. The first-order chi connectivity index (χ1) is 27.0. The van der Waals surface area contributed by atoms with E-state index in [1.54, 1.807) is 0 Å². The van der Waals surface area contributed by atoms with E-state index < -0.39 is 5.41 Å². The number of nitrogens with zero attached hydrogens (tertiary/aromatic N) is 4. The highest BCUT2D eigenvalue weighted by Crippen LogP contribution is 2.65. The summed E-state index contributed by atoms with van der Waals surface area (Å²) in [6, 6.07) is 57.8. The highest BCUT2D eigenvalue weighted by molar-refractivity contribution is 6.12. The molecule has 7 aromatic carbocycles. The number of rotatable bonds is 4. The van der Waals surface area contributed by atoms with E-state index in [9.17, 15) is 0 Å². The van der Waals surface area contributed by atoms with E-state index in [1.807, 2.05) is 0 Å². The van der Waals surface area contributed by atoms with Crippen LogP contribution in [0, 0.1) is 27.7 Å². The fourth-order valence-corrected chi connectivity index (χ4v) is 10.1. The topological polar surface area (TPSA) is 35.6 Å². The van der Waals surface area contributed by atoms with E-state index in [0.29, 0.717) is 0 Å². The molecule has 0 fully saturated rings. The van der Waals surface area contributed by atoms with Crippen molar-refractivity contribution in [2.75, 3.05) is 0 Å². The molecule has 4 heteroatoms. The summed E-state index contributed by atoms with van der Waals surface area (Å²) in [5, 5.41) is 12.7. The molecule has 0 atom stereocenters. The standard InChI is InChI=1S/C51H38N4/c1-31-48(33(3)54(52-31)36-17-7-5-8-18-36)35-27-28-42-46(29-35)51(44-25-15-13-22-39(44)40-23-14-16-26-45(40)51)47-30-43(38-21-11-12-24-41(38)50(42)47)49-32(2)53-55(34(49)4)37-19-9-6-10-20-37/h5-30H,1-4H3. The summed E-state index contributed by atoms with van der Waals surface area (Å²) in [7, 11) is 0. The zero-order valence-corrected chi connectivity index (χ0v) is 31.3. The van der Waals surface area contributed by atoms with Gasteiger partial charge in [0, 0.05) is 22.5 Å². The van der Waals surface area contributed by atoms with Crippen LogP contribution in [0.1, 0.15) is 45.0 Å². The van der Waals surface area contributed by atoms with Crippen molar-refractivity contribution < 1.29 is 0 Å². The Morgan fingerprint density at radius 2 is 0.891 bits per heavy atom. The first-order valence-corrected chi connectivity index (χ1v) is 19.1. The molecule has 0 amide bonds. The van der Waals surface area contributed by atoms with E-state index in [1.165, 1.54) is 77.5 Å². The van der Waals surface area contributed by atoms with Crippen molar-refractivity contribution in [2.24, 2.45) is 0 Å². The maximum absolute atomic E-state index is 5.15. The molecule has 0 bridgehead atoms. The molecule has 2 aliphatic carbocycles. The van der Waals surface area contributed by atoms with Crippen LogP contribution in [0.25, 0.3) is 66.7 Å². The van der Waals surface area contributed by atoms with Crippen LogP contribution in [0.4, 0.5) is 0 Å². The Labute approximate surface area is 321 Å². The molecule has 262 valence electrons. The Balaban J connectivity index is 1.24. The Morgan fingerprint density at radius 1 is 0.382 bits per heavy atom. The second kappa shape index (κ2) is 11.6. The van der Waals surface area contributed by atoms with Gasteiger partial charge < -0.3 is 0 Å². The number of para-hydroxylation sites is 2. The molecule has 0 radical (unpaired) electrons. The van der Waals surface area contributed by atoms with Gasteiger partial charge >= 0.3 is 0 Å². The molecule has 55 heavy (non-hydrogen) atoms. The van der Waals surface area contributed by atoms with Gasteiger partial charge in [0.05, 0.1) is 28.2 Å². The Bertz CT molecular complexity index is 2970. The van der Waals surface area contributed by atoms with Crippen LogP contribution < -0.4 is 0 Å². The third kappa shape index (κ3) is 4.22. The Hall–Kier alpha value is -6.78. The molecule has 2 aromatic heterocycles. The van der Waals surface area contributed by atoms with Crippen LogP contribution in [-0.4, -0.2) is 19.6 Å². The number of aryl methyl sites for hydroxylation is 2. The van der Waals surface area contributed by atoms with E-state index >= 15 is 0 Å². The molecule has 2 aliphatic rings. The third-order valence-electron chi connectivity index (χ3n) is 12.2. The van der Waals surface area contributed by atoms with Crippen LogP contribution >= 0.6 is 0 Å². The molecule has 1 spiro atoms. The summed E-state index contributed by atoms with van der Waals surface area (Å²) in [5.74, 6) is 0. The summed E-state index contributed by atoms with van der Waals surface area (Å²) < 4.78 is 4.19. The first kappa shape index (κ1) is 31.7. The molecular weight excluding hydrogens is 669 g/mol. The number of fused-ring (bicyclic) bond motifs is 12. The lowest BCUT2D eigenvalue weighted by Crippen LogP contribution is -2.26. The van der Waals surface area contributed by atoms with Crippen LogP contribution in [0.5, 0.6) is 0 Å². The predicted molar refractivity (Wildman–Crippen MR) is 224 cm³/mol. The zero-order chi connectivity index (χ0) is 37.0. The van der Waals surface area contributed by atoms with E-state index in [0.717, 1.165) is 34.2 Å². The van der Waals surface area contributed by atoms with Crippen molar-refractivity contribution >= 4 is 10.8 Å². The molecule has 0 saturated carbocycles. The van der Waals surface area contributed by atoms with Crippen molar-refractivity contribution in [3.8, 4) is 55.9 Å². The zero-order valence-electron chi connectivity index (χ0n) is 31.3. The third-order valence-corrected chi connectivity index (χ3v) is 12.2. The van der Waals surface area contributed by atoms with E-state index in [4.69, 9.17) is 10.2 Å². The summed E-state index contributed by atoms with van der Waals surface area (Å²) in [6.07, 6.45) is 0. The van der Waals surface area contributed by atoms with E-state index in [2.05, 4.69) is 195 Å². The minimum atomic E-state index is -0.527. The molecule has 11 rings (SSSR count). The largest absolute Gasteiger partial charge is 0.237 e. The molecule has 0 saturated heterocycles.